The molecule has 46 heavy (non-hydrogen) atoms. The van der Waals surface area contributed by atoms with Gasteiger partial charge >= 0.3 is 6.11 Å². The van der Waals surface area contributed by atoms with Crippen molar-refractivity contribution in [3.8, 4) is 23.0 Å². The Morgan fingerprint density at radius 1 is 0.696 bits per heavy atom. The smallest absolute Gasteiger partial charge is 0.313 e. The Morgan fingerprint density at radius 3 is 2.00 bits per heavy atom. The van der Waals surface area contributed by atoms with Crippen molar-refractivity contribution in [2.75, 3.05) is 0 Å². The van der Waals surface area contributed by atoms with Crippen LogP contribution in [0, 0.1) is 40.9 Å². The molecule has 1 saturated carbocycles. The SMILES string of the molecule is CCCCCc1ccc(C(F)(F)OC2CCC(c3ccc(-c4ccc(C#Cc5cc(F)c(F)c(F)c5)cc4)c(F)c3)CC2)c(F)c1. The zero-order chi connectivity index (χ0) is 32.8. The number of benzene rings is 4. The molecule has 1 aliphatic carbocycles. The third kappa shape index (κ3) is 8.00. The first-order valence-electron chi connectivity index (χ1n) is 15.4. The number of hydrogen-bond donors (Lipinski definition) is 0. The topological polar surface area (TPSA) is 9.23 Å². The molecule has 0 atom stereocenters. The fourth-order valence-corrected chi connectivity index (χ4v) is 5.84. The van der Waals surface area contributed by atoms with Crippen molar-refractivity contribution >= 4 is 0 Å². The van der Waals surface area contributed by atoms with Crippen LogP contribution in [0.25, 0.3) is 11.1 Å². The summed E-state index contributed by atoms with van der Waals surface area (Å²) in [6.07, 6.45) is 0.722. The maximum absolute atomic E-state index is 15.2. The largest absolute Gasteiger partial charge is 0.386 e. The van der Waals surface area contributed by atoms with Crippen molar-refractivity contribution in [1.29, 1.82) is 0 Å². The minimum atomic E-state index is -3.75. The van der Waals surface area contributed by atoms with Gasteiger partial charge in [0.1, 0.15) is 11.6 Å². The lowest BCUT2D eigenvalue weighted by atomic mass is 9.82. The summed E-state index contributed by atoms with van der Waals surface area (Å²) in [5.74, 6) is -0.322. The second-order valence-electron chi connectivity index (χ2n) is 11.7. The van der Waals surface area contributed by atoms with Gasteiger partial charge in [0.2, 0.25) is 0 Å². The van der Waals surface area contributed by atoms with Gasteiger partial charge in [0, 0.05) is 16.7 Å². The minimum Gasteiger partial charge on any atom is -0.313 e. The van der Waals surface area contributed by atoms with Gasteiger partial charge in [0.05, 0.1) is 11.7 Å². The van der Waals surface area contributed by atoms with Crippen LogP contribution in [0.1, 0.15) is 85.6 Å². The van der Waals surface area contributed by atoms with E-state index < -0.39 is 46.9 Å². The van der Waals surface area contributed by atoms with Crippen LogP contribution in [0.2, 0.25) is 0 Å². The molecule has 1 fully saturated rings. The van der Waals surface area contributed by atoms with Gasteiger partial charge in [0.25, 0.3) is 0 Å². The Labute approximate surface area is 264 Å². The summed E-state index contributed by atoms with van der Waals surface area (Å²) in [5, 5.41) is 0. The molecular formula is C38H33F7O. The number of aryl methyl sites for hydroxylation is 1. The Bertz CT molecular complexity index is 1710. The first-order valence-corrected chi connectivity index (χ1v) is 15.4. The van der Waals surface area contributed by atoms with Crippen LogP contribution < -0.4 is 0 Å². The van der Waals surface area contributed by atoms with E-state index in [1.807, 2.05) is 6.07 Å². The van der Waals surface area contributed by atoms with Crippen LogP contribution in [-0.2, 0) is 17.3 Å². The number of rotatable bonds is 9. The number of unbranched alkanes of at least 4 members (excludes halogenated alkanes) is 2. The molecule has 0 bridgehead atoms. The van der Waals surface area contributed by atoms with Gasteiger partial charge in [0.15, 0.2) is 17.5 Å². The molecule has 0 radical (unpaired) electrons. The highest BCUT2D eigenvalue weighted by molar-refractivity contribution is 5.65. The summed E-state index contributed by atoms with van der Waals surface area (Å²) >= 11 is 0. The molecule has 0 spiro atoms. The lowest BCUT2D eigenvalue weighted by Crippen LogP contribution is -2.30. The van der Waals surface area contributed by atoms with Crippen LogP contribution in [0.3, 0.4) is 0 Å². The summed E-state index contributed by atoms with van der Waals surface area (Å²) in [4.78, 5) is 0. The molecule has 4 aromatic rings. The fraction of sp³-hybridized carbons (Fsp3) is 0.316. The van der Waals surface area contributed by atoms with E-state index in [2.05, 4.69) is 18.8 Å². The molecule has 240 valence electrons. The molecule has 5 rings (SSSR count). The van der Waals surface area contributed by atoms with Gasteiger partial charge in [-0.2, -0.15) is 8.78 Å². The van der Waals surface area contributed by atoms with E-state index in [0.717, 1.165) is 43.0 Å². The van der Waals surface area contributed by atoms with Crippen molar-refractivity contribution in [1.82, 2.24) is 0 Å². The Hall–Kier alpha value is -4.09. The number of hydrogen-bond acceptors (Lipinski definition) is 1. The van der Waals surface area contributed by atoms with Crippen molar-refractivity contribution in [2.24, 2.45) is 0 Å². The summed E-state index contributed by atoms with van der Waals surface area (Å²) in [6.45, 7) is 2.06. The summed E-state index contributed by atoms with van der Waals surface area (Å²) in [7, 11) is 0. The van der Waals surface area contributed by atoms with Crippen LogP contribution >= 0.6 is 0 Å². The van der Waals surface area contributed by atoms with Gasteiger partial charge in [-0.05, 0) is 104 Å². The number of ether oxygens (including phenoxy) is 1. The highest BCUT2D eigenvalue weighted by atomic mass is 19.3. The molecule has 0 saturated heterocycles. The zero-order valence-corrected chi connectivity index (χ0v) is 25.3. The quantitative estimate of drug-likeness (QED) is 0.0767. The maximum Gasteiger partial charge on any atom is 0.386 e. The average Bonchev–Trinajstić information content (AvgIpc) is 3.03. The highest BCUT2D eigenvalue weighted by Gasteiger charge is 2.40. The predicted octanol–water partition coefficient (Wildman–Crippen LogP) is 11.0. The fourth-order valence-electron chi connectivity index (χ4n) is 5.84. The van der Waals surface area contributed by atoms with E-state index in [0.29, 0.717) is 54.4 Å². The molecule has 1 nitrogen and oxygen atoms in total. The average molecular weight is 639 g/mol. The van der Waals surface area contributed by atoms with E-state index in [1.165, 1.54) is 18.2 Å². The zero-order valence-electron chi connectivity index (χ0n) is 25.3. The standard InChI is InChI=1S/C38H33F7O/c1-2-3-4-5-25-10-19-32(34(40)20-25)38(44,45)46-30-16-13-27(14-17-30)29-15-18-31(33(39)23-29)28-11-8-24(9-12-28)6-7-26-21-35(41)37(43)36(42)22-26/h8-12,15,18-23,27,30H,2-5,13-14,16-17H2,1H3. The van der Waals surface area contributed by atoms with Gasteiger partial charge in [-0.1, -0.05) is 61.9 Å². The molecule has 0 unspecified atom stereocenters. The molecule has 4 aromatic carbocycles. The van der Waals surface area contributed by atoms with Gasteiger partial charge in [-0.3, -0.25) is 0 Å². The molecule has 0 heterocycles. The summed E-state index contributed by atoms with van der Waals surface area (Å²) in [5.41, 5.74) is 2.13. The second kappa shape index (κ2) is 14.6. The van der Waals surface area contributed by atoms with Gasteiger partial charge < -0.3 is 4.74 Å². The van der Waals surface area contributed by atoms with Crippen molar-refractivity contribution in [3.63, 3.8) is 0 Å². The Morgan fingerprint density at radius 2 is 1.37 bits per heavy atom. The molecule has 1 aliphatic rings. The van der Waals surface area contributed by atoms with E-state index in [9.17, 15) is 26.3 Å². The summed E-state index contributed by atoms with van der Waals surface area (Å²) < 4.78 is 105. The normalized spacial score (nSPS) is 16.6. The third-order valence-electron chi connectivity index (χ3n) is 8.40. The van der Waals surface area contributed by atoms with Crippen molar-refractivity contribution in [2.45, 2.75) is 76.4 Å². The molecule has 0 aliphatic heterocycles. The third-order valence-corrected chi connectivity index (χ3v) is 8.40. The maximum atomic E-state index is 15.2. The van der Waals surface area contributed by atoms with Gasteiger partial charge in [-0.15, -0.1) is 0 Å². The molecule has 0 aromatic heterocycles. The summed E-state index contributed by atoms with van der Waals surface area (Å²) in [6, 6.07) is 17.0. The minimum absolute atomic E-state index is 0.0203. The molecular weight excluding hydrogens is 605 g/mol. The van der Waals surface area contributed by atoms with Crippen LogP contribution in [-0.4, -0.2) is 6.10 Å². The van der Waals surface area contributed by atoms with Crippen molar-refractivity contribution < 1.29 is 35.5 Å². The van der Waals surface area contributed by atoms with E-state index in [-0.39, 0.29) is 11.5 Å². The van der Waals surface area contributed by atoms with Crippen molar-refractivity contribution in [3.05, 3.63) is 130 Å². The lowest BCUT2D eigenvalue weighted by Gasteiger charge is -2.31. The predicted molar refractivity (Wildman–Crippen MR) is 164 cm³/mol. The first-order chi connectivity index (χ1) is 22.0. The highest BCUT2D eigenvalue weighted by Crippen LogP contribution is 2.40. The van der Waals surface area contributed by atoms with E-state index in [1.54, 1.807) is 30.3 Å². The van der Waals surface area contributed by atoms with E-state index >= 15 is 4.39 Å². The number of halogens is 7. The monoisotopic (exact) mass is 638 g/mol. The first kappa shape index (κ1) is 33.3. The van der Waals surface area contributed by atoms with E-state index in [4.69, 9.17) is 4.74 Å². The van der Waals surface area contributed by atoms with Crippen LogP contribution in [0.5, 0.6) is 0 Å². The second-order valence-corrected chi connectivity index (χ2v) is 11.7. The molecule has 0 amide bonds. The van der Waals surface area contributed by atoms with Crippen LogP contribution in [0.15, 0.2) is 72.8 Å². The number of alkyl halides is 2. The molecule has 8 heteroatoms. The van der Waals surface area contributed by atoms with Crippen LogP contribution in [0.4, 0.5) is 30.7 Å². The Kier molecular flexibility index (Phi) is 10.5. The molecule has 0 N–H and O–H groups in total. The Balaban J connectivity index is 1.18. The van der Waals surface area contributed by atoms with Gasteiger partial charge in [-0.25, -0.2) is 22.0 Å². The lowest BCUT2D eigenvalue weighted by molar-refractivity contribution is -0.278.